The Balaban J connectivity index is 1.36. The van der Waals surface area contributed by atoms with E-state index < -0.39 is 0 Å². The number of fused-ring (bicyclic) bond motifs is 1. The van der Waals surface area contributed by atoms with E-state index in [-0.39, 0.29) is 5.91 Å². The average molecular weight is 578 g/mol. The maximum atomic E-state index is 13.8. The summed E-state index contributed by atoms with van der Waals surface area (Å²) in [6, 6.07) is 16.8. The molecule has 0 unspecified atom stereocenters. The predicted molar refractivity (Wildman–Crippen MR) is 156 cm³/mol. The number of nitrogens with zero attached hydrogens (tertiary/aromatic N) is 5. The number of piperidine rings is 1. The van der Waals surface area contributed by atoms with Gasteiger partial charge >= 0.3 is 0 Å². The molecule has 2 aliphatic rings. The zero-order valence-corrected chi connectivity index (χ0v) is 23.7. The first kappa shape index (κ1) is 26.6. The SMILES string of the molecule is CC1CCN(c2ncc(C(=O)N3CCN(Cc4ccccc4)CCCNc4ccc(Br)cc4C3)cn2)CC1. The Bertz CT molecular complexity index is 1200. The standard InChI is InChI=1S/C30H37BrN6O/c1-23-10-14-36(15-11-23)30-33-19-26(20-34-30)29(38)37-17-16-35(21-24-6-3-2-4-7-24)13-5-12-32-28-9-8-27(31)18-25(28)22-37/h2-4,6-9,18-20,23,32H,5,10-17,21-22H2,1H3. The van der Waals surface area contributed by atoms with Gasteiger partial charge in [-0.2, -0.15) is 0 Å². The maximum Gasteiger partial charge on any atom is 0.257 e. The average Bonchev–Trinajstić information content (AvgIpc) is 2.98. The van der Waals surface area contributed by atoms with Crippen molar-refractivity contribution in [3.05, 3.63) is 82.1 Å². The maximum absolute atomic E-state index is 13.8. The Morgan fingerprint density at radius 1 is 1.00 bits per heavy atom. The van der Waals surface area contributed by atoms with Crippen molar-refractivity contribution in [1.29, 1.82) is 0 Å². The first-order chi connectivity index (χ1) is 18.5. The fourth-order valence-corrected chi connectivity index (χ4v) is 5.62. The van der Waals surface area contributed by atoms with Crippen molar-refractivity contribution >= 4 is 33.5 Å². The van der Waals surface area contributed by atoms with Crippen LogP contribution in [-0.4, -0.2) is 64.9 Å². The van der Waals surface area contributed by atoms with Crippen LogP contribution in [0.4, 0.5) is 11.6 Å². The fourth-order valence-electron chi connectivity index (χ4n) is 5.21. The molecular weight excluding hydrogens is 540 g/mol. The molecule has 1 saturated heterocycles. The lowest BCUT2D eigenvalue weighted by Crippen LogP contribution is -2.39. The molecule has 0 bridgehead atoms. The molecule has 5 rings (SSSR count). The summed E-state index contributed by atoms with van der Waals surface area (Å²) in [7, 11) is 0. The molecule has 0 aliphatic carbocycles. The van der Waals surface area contributed by atoms with E-state index >= 15 is 0 Å². The number of hydrogen-bond acceptors (Lipinski definition) is 6. The molecule has 1 fully saturated rings. The highest BCUT2D eigenvalue weighted by molar-refractivity contribution is 9.10. The van der Waals surface area contributed by atoms with Gasteiger partial charge < -0.3 is 15.1 Å². The van der Waals surface area contributed by atoms with Crippen molar-refractivity contribution in [2.75, 3.05) is 49.5 Å². The van der Waals surface area contributed by atoms with Crippen molar-refractivity contribution in [2.24, 2.45) is 5.92 Å². The summed E-state index contributed by atoms with van der Waals surface area (Å²) >= 11 is 3.62. The van der Waals surface area contributed by atoms with Gasteiger partial charge in [-0.1, -0.05) is 53.2 Å². The second-order valence-corrected chi connectivity index (χ2v) is 11.4. The largest absolute Gasteiger partial charge is 0.385 e. The fraction of sp³-hybridized carbons (Fsp3) is 0.433. The van der Waals surface area contributed by atoms with E-state index in [0.717, 1.165) is 86.1 Å². The summed E-state index contributed by atoms with van der Waals surface area (Å²) in [5.41, 5.74) is 4.00. The van der Waals surface area contributed by atoms with E-state index in [4.69, 9.17) is 0 Å². The molecule has 0 saturated carbocycles. The van der Waals surface area contributed by atoms with E-state index in [2.05, 4.69) is 90.4 Å². The quantitative estimate of drug-likeness (QED) is 0.446. The number of hydrogen-bond donors (Lipinski definition) is 1. The summed E-state index contributed by atoms with van der Waals surface area (Å²) in [5, 5.41) is 3.60. The molecule has 2 aromatic carbocycles. The molecule has 7 nitrogen and oxygen atoms in total. The van der Waals surface area contributed by atoms with Crippen molar-refractivity contribution in [3.8, 4) is 0 Å². The molecule has 2 aliphatic heterocycles. The van der Waals surface area contributed by atoms with E-state index in [0.29, 0.717) is 18.7 Å². The van der Waals surface area contributed by atoms with Crippen LogP contribution in [0, 0.1) is 5.92 Å². The molecule has 38 heavy (non-hydrogen) atoms. The minimum absolute atomic E-state index is 0.0337. The van der Waals surface area contributed by atoms with Gasteiger partial charge in [-0.3, -0.25) is 9.69 Å². The number of carbonyl (C=O) groups excluding carboxylic acids is 1. The first-order valence-corrected chi connectivity index (χ1v) is 14.5. The number of carbonyl (C=O) groups is 1. The molecule has 1 aromatic heterocycles. The van der Waals surface area contributed by atoms with Crippen LogP contribution >= 0.6 is 15.9 Å². The van der Waals surface area contributed by atoms with Crippen LogP contribution in [0.25, 0.3) is 0 Å². The molecule has 1 N–H and O–H groups in total. The number of nitrogens with one attached hydrogen (secondary N) is 1. The van der Waals surface area contributed by atoms with Crippen molar-refractivity contribution in [2.45, 2.75) is 39.3 Å². The summed E-state index contributed by atoms with van der Waals surface area (Å²) in [6.07, 6.45) is 6.74. The van der Waals surface area contributed by atoms with E-state index in [1.165, 1.54) is 5.56 Å². The monoisotopic (exact) mass is 576 g/mol. The smallest absolute Gasteiger partial charge is 0.257 e. The molecular formula is C30H37BrN6O. The van der Waals surface area contributed by atoms with Gasteiger partial charge in [0.1, 0.15) is 0 Å². The van der Waals surface area contributed by atoms with Gasteiger partial charge in [0.25, 0.3) is 5.91 Å². The Morgan fingerprint density at radius 2 is 1.76 bits per heavy atom. The van der Waals surface area contributed by atoms with E-state index in [1.54, 1.807) is 12.4 Å². The number of halogens is 1. The zero-order chi connectivity index (χ0) is 26.3. The number of aromatic nitrogens is 2. The number of benzene rings is 2. The van der Waals surface area contributed by atoms with Crippen molar-refractivity contribution < 1.29 is 4.79 Å². The molecule has 200 valence electrons. The Morgan fingerprint density at radius 3 is 2.53 bits per heavy atom. The van der Waals surface area contributed by atoms with Crippen LogP contribution < -0.4 is 10.2 Å². The normalized spacial score (nSPS) is 17.8. The van der Waals surface area contributed by atoms with Crippen LogP contribution in [0.2, 0.25) is 0 Å². The zero-order valence-electron chi connectivity index (χ0n) is 22.2. The highest BCUT2D eigenvalue weighted by Gasteiger charge is 2.22. The van der Waals surface area contributed by atoms with Crippen LogP contribution in [0.5, 0.6) is 0 Å². The van der Waals surface area contributed by atoms with Crippen molar-refractivity contribution in [3.63, 3.8) is 0 Å². The number of anilines is 2. The van der Waals surface area contributed by atoms with Gasteiger partial charge in [0.2, 0.25) is 5.95 Å². The second kappa shape index (κ2) is 12.7. The van der Waals surface area contributed by atoms with Crippen LogP contribution in [0.1, 0.15) is 47.7 Å². The van der Waals surface area contributed by atoms with E-state index in [1.807, 2.05) is 11.0 Å². The third-order valence-corrected chi connectivity index (χ3v) is 8.06. The molecule has 1 amide bonds. The Kier molecular flexibility index (Phi) is 8.91. The van der Waals surface area contributed by atoms with Crippen LogP contribution in [0.15, 0.2) is 65.4 Å². The second-order valence-electron chi connectivity index (χ2n) is 10.5. The third kappa shape index (κ3) is 6.91. The topological polar surface area (TPSA) is 64.6 Å². The molecule has 3 aromatic rings. The van der Waals surface area contributed by atoms with Gasteiger partial charge in [-0.15, -0.1) is 0 Å². The molecule has 0 radical (unpaired) electrons. The summed E-state index contributed by atoms with van der Waals surface area (Å²) in [6.45, 7) is 8.90. The highest BCUT2D eigenvalue weighted by atomic mass is 79.9. The van der Waals surface area contributed by atoms with Crippen LogP contribution in [-0.2, 0) is 13.1 Å². The van der Waals surface area contributed by atoms with Gasteiger partial charge in [0, 0.05) is 74.9 Å². The number of rotatable bonds is 4. The van der Waals surface area contributed by atoms with Gasteiger partial charge in [-0.05, 0) is 54.5 Å². The lowest BCUT2D eigenvalue weighted by molar-refractivity contribution is 0.0719. The van der Waals surface area contributed by atoms with Gasteiger partial charge in [0.15, 0.2) is 0 Å². The molecule has 3 heterocycles. The van der Waals surface area contributed by atoms with Crippen molar-refractivity contribution in [1.82, 2.24) is 19.8 Å². The third-order valence-electron chi connectivity index (χ3n) is 7.57. The first-order valence-electron chi connectivity index (χ1n) is 13.7. The van der Waals surface area contributed by atoms with Crippen LogP contribution in [0.3, 0.4) is 0 Å². The Labute approximate surface area is 234 Å². The summed E-state index contributed by atoms with van der Waals surface area (Å²) < 4.78 is 1.01. The van der Waals surface area contributed by atoms with Gasteiger partial charge in [0.05, 0.1) is 5.56 Å². The lowest BCUT2D eigenvalue weighted by atomic mass is 10.00. The molecule has 0 spiro atoms. The van der Waals surface area contributed by atoms with Gasteiger partial charge in [-0.25, -0.2) is 9.97 Å². The minimum atomic E-state index is -0.0337. The summed E-state index contributed by atoms with van der Waals surface area (Å²) in [4.78, 5) is 29.6. The lowest BCUT2D eigenvalue weighted by Gasteiger charge is -2.30. The van der Waals surface area contributed by atoms with E-state index in [9.17, 15) is 4.79 Å². The predicted octanol–water partition coefficient (Wildman–Crippen LogP) is 5.44. The minimum Gasteiger partial charge on any atom is -0.385 e. The number of amides is 1. The molecule has 8 heteroatoms. The highest BCUT2D eigenvalue weighted by Crippen LogP contribution is 2.25. The Hall–Kier alpha value is -2.97. The summed E-state index contributed by atoms with van der Waals surface area (Å²) in [5.74, 6) is 1.43. The molecule has 0 atom stereocenters.